The molecule has 2 fully saturated rings. The molecule has 0 spiro atoms. The second-order valence-corrected chi connectivity index (χ2v) is 8.67. The van der Waals surface area contributed by atoms with Crippen molar-refractivity contribution in [1.82, 2.24) is 4.90 Å². The molecule has 0 unspecified atom stereocenters. The highest BCUT2D eigenvalue weighted by Gasteiger charge is 2.44. The monoisotopic (exact) mass is 446 g/mol. The molecule has 2 aliphatic heterocycles. The number of anilines is 1. The molecule has 0 aliphatic carbocycles. The highest BCUT2D eigenvalue weighted by Crippen LogP contribution is 2.36. The number of ether oxygens (including phenoxy) is 1. The molecule has 2 aromatic carbocycles. The molecule has 0 radical (unpaired) electrons. The van der Waals surface area contributed by atoms with Gasteiger partial charge in [-0.25, -0.2) is 0 Å². The van der Waals surface area contributed by atoms with Crippen LogP contribution in [0.4, 0.5) is 18.9 Å². The molecule has 0 bridgehead atoms. The quantitative estimate of drug-likeness (QED) is 0.676. The lowest BCUT2D eigenvalue weighted by molar-refractivity contribution is -0.274. The molecule has 2 aromatic rings. The highest BCUT2D eigenvalue weighted by atomic mass is 19.4. The van der Waals surface area contributed by atoms with Gasteiger partial charge in [-0.05, 0) is 60.2 Å². The summed E-state index contributed by atoms with van der Waals surface area (Å²) < 4.78 is 41.0. The number of piperidine rings is 1. The van der Waals surface area contributed by atoms with Crippen LogP contribution < -0.4 is 9.64 Å². The van der Waals surface area contributed by atoms with E-state index < -0.39 is 6.36 Å². The molecule has 2 amide bonds. The molecule has 2 heterocycles. The van der Waals surface area contributed by atoms with Gasteiger partial charge in [-0.15, -0.1) is 13.2 Å². The van der Waals surface area contributed by atoms with Gasteiger partial charge >= 0.3 is 6.36 Å². The van der Waals surface area contributed by atoms with Gasteiger partial charge in [0, 0.05) is 30.9 Å². The Bertz CT molecular complexity index is 987. The van der Waals surface area contributed by atoms with Gasteiger partial charge in [0.15, 0.2) is 0 Å². The van der Waals surface area contributed by atoms with E-state index in [2.05, 4.69) is 18.6 Å². The fraction of sp³-hybridized carbons (Fsp3) is 0.417. The number of carbonyl (C=O) groups is 2. The Labute approximate surface area is 184 Å². The standard InChI is InChI=1S/C24H25F3N2O3/c1-15(2)16-3-5-17(6-4-16)22(30)28-13-18-11-12-29(23(31)21(18)14-28)19-7-9-20(10-8-19)32-24(25,26)27/h3-10,15,18,21H,11-14H2,1-2H3/t18-,21+/m0/s1. The van der Waals surface area contributed by atoms with E-state index in [0.717, 1.165) is 12.0 Å². The first kappa shape index (κ1) is 22.2. The number of hydrogen-bond donors (Lipinski definition) is 0. The summed E-state index contributed by atoms with van der Waals surface area (Å²) >= 11 is 0. The number of halogens is 3. The minimum atomic E-state index is -4.76. The second kappa shape index (κ2) is 8.48. The van der Waals surface area contributed by atoms with Gasteiger partial charge in [-0.3, -0.25) is 9.59 Å². The van der Waals surface area contributed by atoms with Crippen molar-refractivity contribution in [3.8, 4) is 5.75 Å². The predicted octanol–water partition coefficient (Wildman–Crippen LogP) is 4.83. The summed E-state index contributed by atoms with van der Waals surface area (Å²) in [7, 11) is 0. The Morgan fingerprint density at radius 1 is 1.03 bits per heavy atom. The van der Waals surface area contributed by atoms with E-state index in [-0.39, 0.29) is 29.4 Å². The summed E-state index contributed by atoms with van der Waals surface area (Å²) in [6.45, 7) is 5.53. The molecular weight excluding hydrogens is 421 g/mol. The van der Waals surface area contributed by atoms with E-state index in [1.54, 1.807) is 9.80 Å². The van der Waals surface area contributed by atoms with Crippen molar-refractivity contribution in [2.75, 3.05) is 24.5 Å². The Hall–Kier alpha value is -3.03. The minimum absolute atomic E-state index is 0.0808. The van der Waals surface area contributed by atoms with Crippen LogP contribution in [0.2, 0.25) is 0 Å². The van der Waals surface area contributed by atoms with Gasteiger partial charge in [0.1, 0.15) is 5.75 Å². The number of hydrogen-bond acceptors (Lipinski definition) is 3. The van der Waals surface area contributed by atoms with E-state index >= 15 is 0 Å². The highest BCUT2D eigenvalue weighted by molar-refractivity contribution is 5.98. The maximum absolute atomic E-state index is 13.1. The summed E-state index contributed by atoms with van der Waals surface area (Å²) in [5, 5.41) is 0. The molecule has 0 aromatic heterocycles. The molecule has 5 nitrogen and oxygen atoms in total. The van der Waals surface area contributed by atoms with Crippen LogP contribution in [-0.2, 0) is 4.79 Å². The molecule has 2 aliphatic rings. The van der Waals surface area contributed by atoms with Crippen molar-refractivity contribution in [1.29, 1.82) is 0 Å². The third-order valence-electron chi connectivity index (χ3n) is 6.24. The number of alkyl halides is 3. The smallest absolute Gasteiger partial charge is 0.406 e. The predicted molar refractivity (Wildman–Crippen MR) is 114 cm³/mol. The third kappa shape index (κ3) is 4.59. The fourth-order valence-corrected chi connectivity index (χ4v) is 4.49. The van der Waals surface area contributed by atoms with Gasteiger partial charge in [0.25, 0.3) is 5.91 Å². The number of fused-ring (bicyclic) bond motifs is 1. The molecule has 8 heteroatoms. The molecule has 170 valence electrons. The van der Waals surface area contributed by atoms with E-state index in [1.165, 1.54) is 24.3 Å². The Morgan fingerprint density at radius 3 is 2.28 bits per heavy atom. The summed E-state index contributed by atoms with van der Waals surface area (Å²) in [6, 6.07) is 12.9. The van der Waals surface area contributed by atoms with Gasteiger partial charge < -0.3 is 14.5 Å². The zero-order valence-electron chi connectivity index (χ0n) is 17.9. The molecule has 2 saturated heterocycles. The van der Waals surface area contributed by atoms with Crippen LogP contribution in [0.15, 0.2) is 48.5 Å². The first-order valence-electron chi connectivity index (χ1n) is 10.7. The summed E-state index contributed by atoms with van der Waals surface area (Å²) in [4.78, 5) is 29.4. The van der Waals surface area contributed by atoms with Crippen molar-refractivity contribution in [2.45, 2.75) is 32.5 Å². The van der Waals surface area contributed by atoms with E-state index in [1.807, 2.05) is 24.3 Å². The van der Waals surface area contributed by atoms with Crippen LogP contribution in [-0.4, -0.2) is 42.7 Å². The van der Waals surface area contributed by atoms with Gasteiger partial charge in [0.05, 0.1) is 5.92 Å². The van der Waals surface area contributed by atoms with Crippen molar-refractivity contribution in [3.05, 3.63) is 59.7 Å². The van der Waals surface area contributed by atoms with Gasteiger partial charge in [-0.1, -0.05) is 26.0 Å². The largest absolute Gasteiger partial charge is 0.573 e. The van der Waals surface area contributed by atoms with Crippen molar-refractivity contribution < 1.29 is 27.5 Å². The molecular formula is C24H25F3N2O3. The number of amides is 2. The normalized spacial score (nSPS) is 21.1. The maximum atomic E-state index is 13.1. The zero-order chi connectivity index (χ0) is 23.0. The fourth-order valence-electron chi connectivity index (χ4n) is 4.49. The first-order chi connectivity index (χ1) is 15.1. The molecule has 0 N–H and O–H groups in total. The molecule has 4 rings (SSSR count). The van der Waals surface area contributed by atoms with Crippen molar-refractivity contribution in [3.63, 3.8) is 0 Å². The van der Waals surface area contributed by atoms with Crippen LogP contribution in [0, 0.1) is 11.8 Å². The van der Waals surface area contributed by atoms with E-state index in [9.17, 15) is 22.8 Å². The SMILES string of the molecule is CC(C)c1ccc(C(=O)N2C[C@@H]3CCN(c4ccc(OC(F)(F)F)cc4)C(=O)[C@@H]3C2)cc1. The van der Waals surface area contributed by atoms with Crippen LogP contribution in [0.25, 0.3) is 0 Å². The lowest BCUT2D eigenvalue weighted by Crippen LogP contribution is -2.45. The lowest BCUT2D eigenvalue weighted by atomic mass is 9.87. The van der Waals surface area contributed by atoms with Crippen LogP contribution >= 0.6 is 0 Å². The third-order valence-corrected chi connectivity index (χ3v) is 6.24. The van der Waals surface area contributed by atoms with E-state index in [4.69, 9.17) is 0 Å². The average Bonchev–Trinajstić information content (AvgIpc) is 3.18. The molecule has 2 atom stereocenters. The maximum Gasteiger partial charge on any atom is 0.573 e. The number of nitrogens with zero attached hydrogens (tertiary/aromatic N) is 2. The molecule has 0 saturated carbocycles. The summed E-state index contributed by atoms with van der Waals surface area (Å²) in [5.74, 6) is -0.352. The van der Waals surface area contributed by atoms with Gasteiger partial charge in [0.2, 0.25) is 5.91 Å². The average molecular weight is 446 g/mol. The minimum Gasteiger partial charge on any atom is -0.406 e. The summed E-state index contributed by atoms with van der Waals surface area (Å²) in [5.41, 5.74) is 2.30. The second-order valence-electron chi connectivity index (χ2n) is 8.67. The molecule has 32 heavy (non-hydrogen) atoms. The first-order valence-corrected chi connectivity index (χ1v) is 10.7. The zero-order valence-corrected chi connectivity index (χ0v) is 17.9. The van der Waals surface area contributed by atoms with Crippen LogP contribution in [0.1, 0.15) is 42.1 Å². The number of rotatable bonds is 4. The number of benzene rings is 2. The van der Waals surface area contributed by atoms with Crippen LogP contribution in [0.5, 0.6) is 5.75 Å². The lowest BCUT2D eigenvalue weighted by Gasteiger charge is -2.33. The van der Waals surface area contributed by atoms with Crippen molar-refractivity contribution in [2.24, 2.45) is 11.8 Å². The summed E-state index contributed by atoms with van der Waals surface area (Å²) in [6.07, 6.45) is -4.03. The topological polar surface area (TPSA) is 49.9 Å². The number of likely N-dealkylation sites (tertiary alicyclic amines) is 1. The Kier molecular flexibility index (Phi) is 5.88. The van der Waals surface area contributed by atoms with E-state index in [0.29, 0.717) is 36.8 Å². The Morgan fingerprint density at radius 2 is 1.69 bits per heavy atom. The van der Waals surface area contributed by atoms with Crippen LogP contribution in [0.3, 0.4) is 0 Å². The van der Waals surface area contributed by atoms with Crippen molar-refractivity contribution >= 4 is 17.5 Å². The Balaban J connectivity index is 1.43. The number of carbonyl (C=O) groups excluding carboxylic acids is 2. The van der Waals surface area contributed by atoms with Gasteiger partial charge in [-0.2, -0.15) is 0 Å².